The minimum Gasteiger partial charge on any atom is -0.293 e. The van der Waals surface area contributed by atoms with Crippen molar-refractivity contribution in [2.45, 2.75) is 24.9 Å². The van der Waals surface area contributed by atoms with Gasteiger partial charge in [-0.1, -0.05) is 49.9 Å². The minimum atomic E-state index is -0.0718. The third kappa shape index (κ3) is 3.30. The van der Waals surface area contributed by atoms with Crippen LogP contribution in [0.25, 0.3) is 10.2 Å². The van der Waals surface area contributed by atoms with Crippen molar-refractivity contribution in [1.82, 2.24) is 9.55 Å². The number of benzene rings is 1. The molecule has 3 aromatic rings. The lowest BCUT2D eigenvalue weighted by atomic mass is 10.0. The average molecular weight is 358 g/mol. The number of nitrogens with zero attached hydrogens (tertiary/aromatic N) is 2. The van der Waals surface area contributed by atoms with E-state index in [2.05, 4.69) is 18.8 Å². The molecule has 0 radical (unpaired) electrons. The Bertz CT molecular complexity index is 940. The topological polar surface area (TPSA) is 52.0 Å². The molecule has 0 unspecified atom stereocenters. The standard InChI is InChI=1S/C18H18N2O2S2/c1-11(2)12-4-6-13(7-5-12)15(21)10-24-18-19-16-14(8-9-23-16)17(22)20(18)3/h4-9,11H,10H2,1-3H3. The lowest BCUT2D eigenvalue weighted by molar-refractivity contribution is 0.102. The summed E-state index contributed by atoms with van der Waals surface area (Å²) in [5.74, 6) is 0.744. The van der Waals surface area contributed by atoms with Gasteiger partial charge in [0, 0.05) is 12.6 Å². The van der Waals surface area contributed by atoms with Crippen LogP contribution in [0.5, 0.6) is 0 Å². The SMILES string of the molecule is CC(C)c1ccc(C(=O)CSc2nc3sccc3c(=O)n2C)cc1. The molecule has 0 atom stereocenters. The summed E-state index contributed by atoms with van der Waals surface area (Å²) in [7, 11) is 1.69. The summed E-state index contributed by atoms with van der Waals surface area (Å²) in [6.45, 7) is 4.25. The summed E-state index contributed by atoms with van der Waals surface area (Å²) >= 11 is 2.74. The monoisotopic (exact) mass is 358 g/mol. The highest BCUT2D eigenvalue weighted by atomic mass is 32.2. The Morgan fingerprint density at radius 2 is 1.96 bits per heavy atom. The number of aromatic nitrogens is 2. The second-order valence-corrected chi connectivity index (χ2v) is 7.72. The van der Waals surface area contributed by atoms with Gasteiger partial charge in [0.05, 0.1) is 11.1 Å². The molecule has 124 valence electrons. The predicted octanol–water partition coefficient (Wildman–Crippen LogP) is 4.09. The van der Waals surface area contributed by atoms with Gasteiger partial charge in [0.1, 0.15) is 4.83 Å². The third-order valence-electron chi connectivity index (χ3n) is 3.90. The van der Waals surface area contributed by atoms with Crippen molar-refractivity contribution < 1.29 is 4.79 Å². The van der Waals surface area contributed by atoms with Gasteiger partial charge in [-0.2, -0.15) is 0 Å². The molecule has 24 heavy (non-hydrogen) atoms. The van der Waals surface area contributed by atoms with Crippen molar-refractivity contribution in [3.05, 3.63) is 57.2 Å². The molecule has 0 saturated carbocycles. The van der Waals surface area contributed by atoms with E-state index >= 15 is 0 Å². The molecule has 0 amide bonds. The van der Waals surface area contributed by atoms with Crippen molar-refractivity contribution in [2.24, 2.45) is 7.05 Å². The first-order chi connectivity index (χ1) is 11.5. The first kappa shape index (κ1) is 16.9. The average Bonchev–Trinajstić information content (AvgIpc) is 3.05. The summed E-state index contributed by atoms with van der Waals surface area (Å²) in [6, 6.07) is 9.51. The van der Waals surface area contributed by atoms with E-state index < -0.39 is 0 Å². The van der Waals surface area contributed by atoms with Gasteiger partial charge < -0.3 is 0 Å². The molecule has 3 rings (SSSR count). The largest absolute Gasteiger partial charge is 0.293 e. The Balaban J connectivity index is 1.76. The summed E-state index contributed by atoms with van der Waals surface area (Å²) in [6.07, 6.45) is 0. The number of hydrogen-bond acceptors (Lipinski definition) is 5. The Hall–Kier alpha value is -1.92. The van der Waals surface area contributed by atoms with E-state index in [1.165, 1.54) is 33.2 Å². The highest BCUT2D eigenvalue weighted by molar-refractivity contribution is 7.99. The van der Waals surface area contributed by atoms with Crippen molar-refractivity contribution in [3.8, 4) is 0 Å². The molecule has 0 fully saturated rings. The van der Waals surface area contributed by atoms with Crippen molar-refractivity contribution in [1.29, 1.82) is 0 Å². The molecule has 0 aliphatic heterocycles. The quantitative estimate of drug-likeness (QED) is 0.391. The molecule has 0 bridgehead atoms. The Morgan fingerprint density at radius 3 is 2.62 bits per heavy atom. The van der Waals surface area contributed by atoms with Crippen LogP contribution in [-0.4, -0.2) is 21.1 Å². The molecule has 0 aliphatic carbocycles. The van der Waals surface area contributed by atoms with Crippen LogP contribution in [0.1, 0.15) is 35.7 Å². The lowest BCUT2D eigenvalue weighted by Gasteiger charge is -2.08. The zero-order valence-corrected chi connectivity index (χ0v) is 15.4. The van der Waals surface area contributed by atoms with Gasteiger partial charge in [0.25, 0.3) is 5.56 Å². The first-order valence-electron chi connectivity index (χ1n) is 7.67. The minimum absolute atomic E-state index is 0.0378. The highest BCUT2D eigenvalue weighted by Crippen LogP contribution is 2.22. The first-order valence-corrected chi connectivity index (χ1v) is 9.54. The van der Waals surface area contributed by atoms with Crippen LogP contribution >= 0.6 is 23.1 Å². The number of carbonyl (C=O) groups is 1. The van der Waals surface area contributed by atoms with Crippen LogP contribution in [0, 0.1) is 0 Å². The van der Waals surface area contributed by atoms with Gasteiger partial charge in [-0.15, -0.1) is 11.3 Å². The fraction of sp³-hybridized carbons (Fsp3) is 0.278. The van der Waals surface area contributed by atoms with Crippen LogP contribution in [-0.2, 0) is 7.05 Å². The molecule has 6 heteroatoms. The van der Waals surface area contributed by atoms with E-state index in [9.17, 15) is 9.59 Å². The maximum atomic E-state index is 12.4. The van der Waals surface area contributed by atoms with Crippen LogP contribution in [0.15, 0.2) is 45.7 Å². The van der Waals surface area contributed by atoms with Crippen LogP contribution < -0.4 is 5.56 Å². The molecule has 4 nitrogen and oxygen atoms in total. The fourth-order valence-corrected chi connectivity index (χ4v) is 4.05. The number of Topliss-reactive ketones (excluding diaryl/α,β-unsaturated/α-hetero) is 1. The molecule has 1 aromatic carbocycles. The van der Waals surface area contributed by atoms with Crippen molar-refractivity contribution >= 4 is 39.1 Å². The van der Waals surface area contributed by atoms with Crippen molar-refractivity contribution in [3.63, 3.8) is 0 Å². The molecular weight excluding hydrogens is 340 g/mol. The third-order valence-corrected chi connectivity index (χ3v) is 5.73. The number of thioether (sulfide) groups is 1. The van der Waals surface area contributed by atoms with E-state index in [0.717, 1.165) is 0 Å². The normalized spacial score (nSPS) is 11.3. The van der Waals surface area contributed by atoms with Gasteiger partial charge in [0.15, 0.2) is 10.9 Å². The number of thiophene rings is 1. The lowest BCUT2D eigenvalue weighted by Crippen LogP contribution is -2.19. The summed E-state index contributed by atoms with van der Waals surface area (Å²) in [5.41, 5.74) is 1.83. The van der Waals surface area contributed by atoms with E-state index in [1.54, 1.807) is 13.1 Å². The smallest absolute Gasteiger partial charge is 0.262 e. The Labute approximate surface area is 148 Å². The van der Waals surface area contributed by atoms with Gasteiger partial charge in [-0.25, -0.2) is 4.98 Å². The van der Waals surface area contributed by atoms with E-state index in [-0.39, 0.29) is 17.1 Å². The summed E-state index contributed by atoms with van der Waals surface area (Å²) < 4.78 is 1.51. The number of fused-ring (bicyclic) bond motifs is 1. The van der Waals surface area contributed by atoms with Crippen LogP contribution in [0.4, 0.5) is 0 Å². The second kappa shape index (κ2) is 6.91. The molecule has 0 N–H and O–H groups in total. The Morgan fingerprint density at radius 1 is 1.25 bits per heavy atom. The maximum absolute atomic E-state index is 12.4. The van der Waals surface area contributed by atoms with Crippen LogP contribution in [0.2, 0.25) is 0 Å². The molecule has 0 saturated heterocycles. The molecule has 0 spiro atoms. The van der Waals surface area contributed by atoms with E-state index in [0.29, 0.717) is 26.9 Å². The van der Waals surface area contributed by atoms with Gasteiger partial charge in [-0.05, 0) is 22.9 Å². The van der Waals surface area contributed by atoms with Crippen molar-refractivity contribution in [2.75, 3.05) is 5.75 Å². The second-order valence-electron chi connectivity index (χ2n) is 5.89. The number of hydrogen-bond donors (Lipinski definition) is 0. The van der Waals surface area contributed by atoms with E-state index in [1.807, 2.05) is 29.6 Å². The zero-order valence-electron chi connectivity index (χ0n) is 13.8. The molecule has 0 aliphatic rings. The number of ketones is 1. The molecular formula is C18H18N2O2S2. The van der Waals surface area contributed by atoms with Gasteiger partial charge in [0.2, 0.25) is 0 Å². The van der Waals surface area contributed by atoms with Gasteiger partial charge >= 0.3 is 0 Å². The predicted molar refractivity (Wildman–Crippen MR) is 100 cm³/mol. The van der Waals surface area contributed by atoms with Gasteiger partial charge in [-0.3, -0.25) is 14.2 Å². The Kier molecular flexibility index (Phi) is 4.87. The maximum Gasteiger partial charge on any atom is 0.262 e. The van der Waals surface area contributed by atoms with E-state index in [4.69, 9.17) is 0 Å². The van der Waals surface area contributed by atoms with Crippen LogP contribution in [0.3, 0.4) is 0 Å². The molecule has 2 aromatic heterocycles. The number of rotatable bonds is 5. The summed E-state index contributed by atoms with van der Waals surface area (Å²) in [5, 5.41) is 3.05. The fourth-order valence-electron chi connectivity index (χ4n) is 2.38. The highest BCUT2D eigenvalue weighted by Gasteiger charge is 2.13. The molecule has 2 heterocycles. The number of carbonyl (C=O) groups excluding carboxylic acids is 1. The summed E-state index contributed by atoms with van der Waals surface area (Å²) in [4.78, 5) is 29.8. The zero-order chi connectivity index (χ0) is 17.3.